The fraction of sp³-hybridized carbons (Fsp3) is 0.222. The minimum absolute atomic E-state index is 0.462. The summed E-state index contributed by atoms with van der Waals surface area (Å²) in [5.74, 6) is -0.972. The Morgan fingerprint density at radius 3 is 2.21 bits per heavy atom. The van der Waals surface area contributed by atoms with Gasteiger partial charge in [-0.2, -0.15) is 13.2 Å². The number of halogens is 3. The van der Waals surface area contributed by atoms with Crippen molar-refractivity contribution in [2.75, 3.05) is 6.61 Å². The van der Waals surface area contributed by atoms with E-state index in [0.29, 0.717) is 18.4 Å². The van der Waals surface area contributed by atoms with E-state index in [1.54, 1.807) is 12.4 Å². The zero-order valence-corrected chi connectivity index (χ0v) is 14.7. The molecule has 0 spiro atoms. The van der Waals surface area contributed by atoms with Crippen molar-refractivity contribution in [1.82, 2.24) is 15.2 Å². The SMILES string of the molecule is CCCOc1ccc(-c2nnc(-c3cccnc3)o2)cc1.O=C(O)C(F)(F)F. The van der Waals surface area contributed by atoms with Crippen molar-refractivity contribution in [3.63, 3.8) is 0 Å². The summed E-state index contributed by atoms with van der Waals surface area (Å²) in [7, 11) is 0. The van der Waals surface area contributed by atoms with Crippen molar-refractivity contribution in [3.05, 3.63) is 48.8 Å². The van der Waals surface area contributed by atoms with Crippen LogP contribution in [0.2, 0.25) is 0 Å². The molecule has 0 unspecified atom stereocenters. The summed E-state index contributed by atoms with van der Waals surface area (Å²) in [4.78, 5) is 12.9. The summed E-state index contributed by atoms with van der Waals surface area (Å²) in [5.41, 5.74) is 1.67. The lowest BCUT2D eigenvalue weighted by Crippen LogP contribution is -2.21. The fourth-order valence-corrected chi connectivity index (χ4v) is 1.86. The molecule has 148 valence electrons. The van der Waals surface area contributed by atoms with Crippen molar-refractivity contribution < 1.29 is 32.2 Å². The van der Waals surface area contributed by atoms with Gasteiger partial charge in [-0.05, 0) is 42.8 Å². The molecule has 0 bridgehead atoms. The zero-order valence-electron chi connectivity index (χ0n) is 14.7. The monoisotopic (exact) mass is 395 g/mol. The van der Waals surface area contributed by atoms with E-state index in [4.69, 9.17) is 19.1 Å². The number of hydrogen-bond acceptors (Lipinski definition) is 6. The first-order valence-corrected chi connectivity index (χ1v) is 8.08. The van der Waals surface area contributed by atoms with E-state index in [0.717, 1.165) is 23.3 Å². The first-order valence-electron chi connectivity index (χ1n) is 8.08. The number of hydrogen-bond donors (Lipinski definition) is 1. The van der Waals surface area contributed by atoms with Gasteiger partial charge in [-0.1, -0.05) is 6.92 Å². The Morgan fingerprint density at radius 1 is 1.11 bits per heavy atom. The van der Waals surface area contributed by atoms with E-state index in [9.17, 15) is 13.2 Å². The lowest BCUT2D eigenvalue weighted by Gasteiger charge is -2.03. The molecule has 0 aliphatic carbocycles. The number of carboxylic acids is 1. The Morgan fingerprint density at radius 2 is 1.71 bits per heavy atom. The van der Waals surface area contributed by atoms with Crippen LogP contribution in [-0.2, 0) is 4.79 Å². The number of pyridine rings is 1. The highest BCUT2D eigenvalue weighted by atomic mass is 19.4. The predicted molar refractivity (Wildman–Crippen MR) is 92.4 cm³/mol. The van der Waals surface area contributed by atoms with Gasteiger partial charge in [0, 0.05) is 18.0 Å². The standard InChI is InChI=1S/C16H15N3O2.C2HF3O2/c1-2-10-20-14-7-5-12(6-8-14)15-18-19-16(21-15)13-4-3-9-17-11-13;3-2(4,5)1(6)7/h3-9,11H,2,10H2,1H3;(H,6,7). The second-order valence-corrected chi connectivity index (χ2v) is 5.33. The van der Waals surface area contributed by atoms with Gasteiger partial charge in [0.2, 0.25) is 11.8 Å². The molecule has 2 aromatic heterocycles. The van der Waals surface area contributed by atoms with Crippen molar-refractivity contribution in [1.29, 1.82) is 0 Å². The maximum absolute atomic E-state index is 10.6. The molecule has 28 heavy (non-hydrogen) atoms. The van der Waals surface area contributed by atoms with Crippen LogP contribution in [-0.4, -0.2) is 39.0 Å². The molecule has 0 amide bonds. The summed E-state index contributed by atoms with van der Waals surface area (Å²) in [6.45, 7) is 2.79. The van der Waals surface area contributed by atoms with E-state index in [2.05, 4.69) is 22.1 Å². The summed E-state index contributed by atoms with van der Waals surface area (Å²) in [6.07, 6.45) is -0.700. The van der Waals surface area contributed by atoms with E-state index in [1.807, 2.05) is 36.4 Å². The lowest BCUT2D eigenvalue weighted by molar-refractivity contribution is -0.192. The normalized spacial score (nSPS) is 10.7. The number of benzene rings is 1. The quantitative estimate of drug-likeness (QED) is 0.691. The third-order valence-electron chi connectivity index (χ3n) is 3.15. The molecule has 1 aromatic carbocycles. The van der Waals surface area contributed by atoms with Gasteiger partial charge < -0.3 is 14.3 Å². The average molecular weight is 395 g/mol. The van der Waals surface area contributed by atoms with Gasteiger partial charge in [0.1, 0.15) is 5.75 Å². The van der Waals surface area contributed by atoms with Crippen LogP contribution in [0.1, 0.15) is 13.3 Å². The Labute approximate surface area is 157 Å². The average Bonchev–Trinajstić information content (AvgIpc) is 3.17. The van der Waals surface area contributed by atoms with E-state index in [1.165, 1.54) is 0 Å². The molecule has 0 fully saturated rings. The number of nitrogens with zero attached hydrogens (tertiary/aromatic N) is 3. The summed E-state index contributed by atoms with van der Waals surface area (Å²) in [5, 5.41) is 15.2. The topological polar surface area (TPSA) is 98.3 Å². The van der Waals surface area contributed by atoms with Crippen LogP contribution >= 0.6 is 0 Å². The molecule has 0 saturated heterocycles. The molecule has 3 rings (SSSR count). The molecule has 0 aliphatic rings. The van der Waals surface area contributed by atoms with Gasteiger partial charge in [0.25, 0.3) is 0 Å². The van der Waals surface area contributed by atoms with Gasteiger partial charge in [-0.15, -0.1) is 10.2 Å². The Kier molecular flexibility index (Phi) is 7.08. The Hall–Kier alpha value is -3.43. The van der Waals surface area contributed by atoms with Crippen LogP contribution in [0.3, 0.4) is 0 Å². The highest BCUT2D eigenvalue weighted by Gasteiger charge is 2.38. The predicted octanol–water partition coefficient (Wildman–Crippen LogP) is 4.22. The molecular formula is C18H16F3N3O4. The van der Waals surface area contributed by atoms with Crippen molar-refractivity contribution >= 4 is 5.97 Å². The maximum atomic E-state index is 10.6. The van der Waals surface area contributed by atoms with Gasteiger partial charge in [0.15, 0.2) is 0 Å². The molecule has 0 radical (unpaired) electrons. The van der Waals surface area contributed by atoms with Crippen molar-refractivity contribution in [3.8, 4) is 28.7 Å². The molecule has 1 N–H and O–H groups in total. The number of rotatable bonds is 5. The molecule has 0 atom stereocenters. The van der Waals surface area contributed by atoms with Crippen LogP contribution in [0.4, 0.5) is 13.2 Å². The van der Waals surface area contributed by atoms with E-state index >= 15 is 0 Å². The largest absolute Gasteiger partial charge is 0.494 e. The molecule has 3 aromatic rings. The Balaban J connectivity index is 0.000000345. The first-order chi connectivity index (χ1) is 13.3. The highest BCUT2D eigenvalue weighted by molar-refractivity contribution is 5.73. The smallest absolute Gasteiger partial charge is 0.490 e. The van der Waals surface area contributed by atoms with Crippen LogP contribution in [0, 0.1) is 0 Å². The number of carbonyl (C=O) groups is 1. The van der Waals surface area contributed by atoms with Crippen LogP contribution in [0.5, 0.6) is 5.75 Å². The second-order valence-electron chi connectivity index (χ2n) is 5.33. The van der Waals surface area contributed by atoms with Crippen LogP contribution < -0.4 is 4.74 Å². The maximum Gasteiger partial charge on any atom is 0.490 e. The van der Waals surface area contributed by atoms with Gasteiger partial charge in [-0.3, -0.25) is 4.98 Å². The van der Waals surface area contributed by atoms with E-state index in [-0.39, 0.29) is 0 Å². The van der Waals surface area contributed by atoms with E-state index < -0.39 is 12.1 Å². The molecular weight excluding hydrogens is 379 g/mol. The number of carboxylic acid groups (broad SMARTS) is 1. The lowest BCUT2D eigenvalue weighted by atomic mass is 10.2. The van der Waals surface area contributed by atoms with Gasteiger partial charge >= 0.3 is 12.1 Å². The van der Waals surface area contributed by atoms with Crippen molar-refractivity contribution in [2.24, 2.45) is 0 Å². The van der Waals surface area contributed by atoms with Crippen LogP contribution in [0.25, 0.3) is 22.9 Å². The van der Waals surface area contributed by atoms with Gasteiger partial charge in [0.05, 0.1) is 12.2 Å². The number of alkyl halides is 3. The second kappa shape index (κ2) is 9.49. The third kappa shape index (κ3) is 6.08. The molecule has 7 nitrogen and oxygen atoms in total. The summed E-state index contributed by atoms with van der Waals surface area (Å²) < 4.78 is 43.0. The molecule has 0 aliphatic heterocycles. The molecule has 10 heteroatoms. The minimum Gasteiger partial charge on any atom is -0.494 e. The van der Waals surface area contributed by atoms with Crippen molar-refractivity contribution in [2.45, 2.75) is 19.5 Å². The number of aromatic nitrogens is 3. The van der Waals surface area contributed by atoms with Crippen LogP contribution in [0.15, 0.2) is 53.2 Å². The Bertz CT molecular complexity index is 881. The molecule has 0 saturated carbocycles. The third-order valence-corrected chi connectivity index (χ3v) is 3.15. The molecule has 2 heterocycles. The highest BCUT2D eigenvalue weighted by Crippen LogP contribution is 2.25. The minimum atomic E-state index is -5.08. The number of ether oxygens (including phenoxy) is 1. The zero-order chi connectivity index (χ0) is 20.6. The van der Waals surface area contributed by atoms with Gasteiger partial charge in [-0.25, -0.2) is 4.79 Å². The fourth-order valence-electron chi connectivity index (χ4n) is 1.86. The summed E-state index contributed by atoms with van der Waals surface area (Å²) >= 11 is 0. The number of aliphatic carboxylic acids is 1. The summed E-state index contributed by atoms with van der Waals surface area (Å²) in [6, 6.07) is 11.3. The first kappa shape index (κ1) is 20.9.